The average Bonchev–Trinajstić information content (AvgIpc) is 3.27. The van der Waals surface area contributed by atoms with Gasteiger partial charge in [-0.2, -0.15) is 5.26 Å². The minimum Gasteiger partial charge on any atom is -0.306 e. The van der Waals surface area contributed by atoms with Gasteiger partial charge < -0.3 is 4.57 Å². The fourth-order valence-corrected chi connectivity index (χ4v) is 3.11. The number of nitriles is 1. The molecule has 1 aromatic carbocycles. The summed E-state index contributed by atoms with van der Waals surface area (Å²) in [5.41, 5.74) is 3.09. The van der Waals surface area contributed by atoms with E-state index in [2.05, 4.69) is 21.0 Å². The van der Waals surface area contributed by atoms with Crippen molar-refractivity contribution in [3.8, 4) is 11.8 Å². The number of hydrogen-bond acceptors (Lipinski definition) is 5. The summed E-state index contributed by atoms with van der Waals surface area (Å²) in [5, 5.41) is 12.1. The number of benzene rings is 1. The summed E-state index contributed by atoms with van der Waals surface area (Å²) in [6.45, 7) is 3.94. The Hall–Kier alpha value is -2.78. The van der Waals surface area contributed by atoms with Gasteiger partial charge in [-0.1, -0.05) is 12.1 Å². The lowest BCUT2D eigenvalue weighted by Gasteiger charge is -2.09. The van der Waals surface area contributed by atoms with Crippen LogP contribution in [0, 0.1) is 18.3 Å². The summed E-state index contributed by atoms with van der Waals surface area (Å²) in [6.07, 6.45) is 7.13. The van der Waals surface area contributed by atoms with Crippen LogP contribution >= 0.6 is 11.3 Å². The van der Waals surface area contributed by atoms with Crippen LogP contribution in [0.15, 0.2) is 53.4 Å². The van der Waals surface area contributed by atoms with Gasteiger partial charge in [0.1, 0.15) is 10.9 Å². The number of nitrogens with zero attached hydrogens (tertiary/aromatic N) is 5. The molecule has 0 radical (unpaired) electrons. The van der Waals surface area contributed by atoms with E-state index < -0.39 is 5.92 Å². The molecule has 2 aromatic heterocycles. The van der Waals surface area contributed by atoms with Gasteiger partial charge in [0.05, 0.1) is 18.4 Å². The minimum absolute atomic E-state index is 0.0150. The van der Waals surface area contributed by atoms with Crippen LogP contribution in [0.4, 0.5) is 0 Å². The molecule has 0 aliphatic heterocycles. The number of aryl methyl sites for hydroxylation is 1. The van der Waals surface area contributed by atoms with Gasteiger partial charge in [-0.25, -0.2) is 9.97 Å². The first-order valence-corrected chi connectivity index (χ1v) is 8.48. The maximum absolute atomic E-state index is 9.33. The summed E-state index contributed by atoms with van der Waals surface area (Å²) in [5.74, 6) is -0.392. The molecule has 0 saturated carbocycles. The monoisotopic (exact) mass is 335 g/mol. The Morgan fingerprint density at radius 1 is 1.33 bits per heavy atom. The van der Waals surface area contributed by atoms with Gasteiger partial charge in [0.25, 0.3) is 0 Å². The zero-order valence-corrected chi connectivity index (χ0v) is 14.3. The number of hydrogen-bond donors (Lipinski definition) is 0. The van der Waals surface area contributed by atoms with Crippen molar-refractivity contribution in [2.24, 2.45) is 4.99 Å². The smallest absolute Gasteiger partial charge is 0.133 e. The molecule has 3 aromatic rings. The van der Waals surface area contributed by atoms with E-state index in [1.165, 1.54) is 11.3 Å². The Morgan fingerprint density at radius 3 is 2.71 bits per heavy atom. The standard InChI is InChI=1S/C18H17N5S/c1-13-11-24-18(22-13)16(9-19)10-21-14(2)15-3-5-17(6-4-15)23-8-7-20-12-23/h3-8,10-12,14,16H,1-2H3/t14-,16-/m1/s1. The van der Waals surface area contributed by atoms with Crippen LogP contribution in [0.3, 0.4) is 0 Å². The van der Waals surface area contributed by atoms with Crippen LogP contribution < -0.4 is 0 Å². The van der Waals surface area contributed by atoms with Crippen LogP contribution in [0.2, 0.25) is 0 Å². The molecule has 0 fully saturated rings. The zero-order chi connectivity index (χ0) is 16.9. The Bertz CT molecular complexity index is 856. The van der Waals surface area contributed by atoms with Crippen molar-refractivity contribution >= 4 is 17.6 Å². The molecule has 0 unspecified atom stereocenters. The predicted molar refractivity (Wildman–Crippen MR) is 95.7 cm³/mol. The molecule has 0 amide bonds. The summed E-state index contributed by atoms with van der Waals surface area (Å²) in [6, 6.07) is 10.4. The second-order valence-electron chi connectivity index (χ2n) is 5.47. The molecule has 0 spiro atoms. The fraction of sp³-hybridized carbons (Fsp3) is 0.222. The highest BCUT2D eigenvalue weighted by atomic mass is 32.1. The van der Waals surface area contributed by atoms with Gasteiger partial charge in [-0.15, -0.1) is 11.3 Å². The van der Waals surface area contributed by atoms with Crippen molar-refractivity contribution in [1.82, 2.24) is 14.5 Å². The van der Waals surface area contributed by atoms with Crippen LogP contribution in [-0.2, 0) is 0 Å². The number of imidazole rings is 1. The zero-order valence-electron chi connectivity index (χ0n) is 13.5. The van der Waals surface area contributed by atoms with Gasteiger partial charge in [0.2, 0.25) is 0 Å². The lowest BCUT2D eigenvalue weighted by atomic mass is 10.1. The lowest BCUT2D eigenvalue weighted by molar-refractivity contribution is 0.818. The molecule has 2 heterocycles. The van der Waals surface area contributed by atoms with Crippen molar-refractivity contribution in [1.29, 1.82) is 5.26 Å². The molecule has 0 bridgehead atoms. The van der Waals surface area contributed by atoms with E-state index in [4.69, 9.17) is 0 Å². The van der Waals surface area contributed by atoms with Crippen molar-refractivity contribution in [3.05, 3.63) is 64.6 Å². The quantitative estimate of drug-likeness (QED) is 0.660. The molecule has 0 aliphatic rings. The van der Waals surface area contributed by atoms with Crippen LogP contribution in [-0.4, -0.2) is 20.7 Å². The Kier molecular flexibility index (Phi) is 4.82. The number of aliphatic imine (C=N–C) groups is 1. The van der Waals surface area contributed by atoms with E-state index in [1.54, 1.807) is 18.7 Å². The fourth-order valence-electron chi connectivity index (χ4n) is 2.31. The van der Waals surface area contributed by atoms with Crippen LogP contribution in [0.1, 0.15) is 35.1 Å². The first-order valence-electron chi connectivity index (χ1n) is 7.60. The van der Waals surface area contributed by atoms with Crippen LogP contribution in [0.25, 0.3) is 5.69 Å². The molecule has 0 saturated heterocycles. The first-order chi connectivity index (χ1) is 11.7. The first kappa shape index (κ1) is 16.1. The van der Waals surface area contributed by atoms with Crippen molar-refractivity contribution in [2.45, 2.75) is 25.8 Å². The van der Waals surface area contributed by atoms with Gasteiger partial charge in [-0.05, 0) is 31.5 Å². The third-order valence-electron chi connectivity index (χ3n) is 3.68. The molecule has 0 aliphatic carbocycles. The van der Waals surface area contributed by atoms with Crippen molar-refractivity contribution < 1.29 is 0 Å². The van der Waals surface area contributed by atoms with Gasteiger partial charge in [-0.3, -0.25) is 4.99 Å². The summed E-state index contributed by atoms with van der Waals surface area (Å²) < 4.78 is 1.95. The Morgan fingerprint density at radius 2 is 2.12 bits per heavy atom. The average molecular weight is 335 g/mol. The number of rotatable bonds is 5. The second-order valence-corrected chi connectivity index (χ2v) is 6.36. The van der Waals surface area contributed by atoms with E-state index >= 15 is 0 Å². The SMILES string of the molecule is Cc1csc([C@H](C#N)C=N[C@H](C)c2ccc(-n3ccnc3)cc2)n1. The van der Waals surface area contributed by atoms with E-state index in [1.807, 2.05) is 54.3 Å². The molecule has 0 N–H and O–H groups in total. The Balaban J connectivity index is 1.72. The number of thiazole rings is 1. The predicted octanol–water partition coefficient (Wildman–Crippen LogP) is 4.08. The Labute approximate surface area is 145 Å². The molecule has 2 atom stereocenters. The topological polar surface area (TPSA) is 66.9 Å². The second kappa shape index (κ2) is 7.20. The van der Waals surface area contributed by atoms with E-state index in [0.29, 0.717) is 0 Å². The summed E-state index contributed by atoms with van der Waals surface area (Å²) in [4.78, 5) is 13.0. The highest BCUT2D eigenvalue weighted by Gasteiger charge is 2.12. The molecule has 3 rings (SSSR count). The minimum atomic E-state index is -0.392. The van der Waals surface area contributed by atoms with E-state index in [9.17, 15) is 5.26 Å². The largest absolute Gasteiger partial charge is 0.306 e. The summed E-state index contributed by atoms with van der Waals surface area (Å²) >= 11 is 1.50. The summed E-state index contributed by atoms with van der Waals surface area (Å²) in [7, 11) is 0. The molecule has 5 nitrogen and oxygen atoms in total. The highest BCUT2D eigenvalue weighted by molar-refractivity contribution is 7.09. The van der Waals surface area contributed by atoms with Gasteiger partial charge >= 0.3 is 0 Å². The number of aromatic nitrogens is 3. The third-order valence-corrected chi connectivity index (χ3v) is 4.72. The molecule has 6 heteroatoms. The third kappa shape index (κ3) is 3.58. The van der Waals surface area contributed by atoms with E-state index in [-0.39, 0.29) is 6.04 Å². The highest BCUT2D eigenvalue weighted by Crippen LogP contribution is 2.22. The molecule has 120 valence electrons. The lowest BCUT2D eigenvalue weighted by Crippen LogP contribution is -1.99. The molecular weight excluding hydrogens is 318 g/mol. The molecular formula is C18H17N5S. The van der Waals surface area contributed by atoms with Crippen molar-refractivity contribution in [3.63, 3.8) is 0 Å². The van der Waals surface area contributed by atoms with Crippen molar-refractivity contribution in [2.75, 3.05) is 0 Å². The van der Waals surface area contributed by atoms with E-state index in [0.717, 1.165) is 22.0 Å². The maximum Gasteiger partial charge on any atom is 0.133 e. The van der Waals surface area contributed by atoms with Gasteiger partial charge in [0, 0.05) is 35.4 Å². The maximum atomic E-state index is 9.33. The normalized spacial score (nSPS) is 13.7. The van der Waals surface area contributed by atoms with Gasteiger partial charge in [0.15, 0.2) is 0 Å². The van der Waals surface area contributed by atoms with Crippen LogP contribution in [0.5, 0.6) is 0 Å². The molecule has 24 heavy (non-hydrogen) atoms.